The fourth-order valence-corrected chi connectivity index (χ4v) is 4.01. The number of anilines is 2. The molecular formula is C19H19FN6O. The zero-order valence-corrected chi connectivity index (χ0v) is 14.8. The molecule has 0 bridgehead atoms. The van der Waals surface area contributed by atoms with Crippen LogP contribution in [-0.4, -0.2) is 45.3 Å². The molecule has 0 aliphatic carbocycles. The summed E-state index contributed by atoms with van der Waals surface area (Å²) in [7, 11) is 0. The number of hydrogen-bond donors (Lipinski definition) is 0. The molecule has 5 rings (SSSR count). The fraction of sp³-hybridized carbons (Fsp3) is 0.368. The molecule has 0 spiro atoms. The summed E-state index contributed by atoms with van der Waals surface area (Å²) in [6.45, 7) is 2.37. The minimum absolute atomic E-state index is 0.169. The molecule has 2 saturated heterocycles. The van der Waals surface area contributed by atoms with Gasteiger partial charge < -0.3 is 9.80 Å². The molecule has 2 aliphatic heterocycles. The molecule has 1 unspecified atom stereocenters. The Hall–Kier alpha value is -3.03. The molecule has 2 fully saturated rings. The summed E-state index contributed by atoms with van der Waals surface area (Å²) in [5.41, 5.74) is 1.48. The van der Waals surface area contributed by atoms with Crippen molar-refractivity contribution in [1.29, 1.82) is 0 Å². The maximum absolute atomic E-state index is 13.5. The number of benzene rings is 1. The maximum atomic E-state index is 13.5. The topological polar surface area (TPSA) is 67.2 Å². The van der Waals surface area contributed by atoms with Crippen molar-refractivity contribution in [1.82, 2.24) is 19.7 Å². The number of carbonyl (C=O) groups excluding carboxylic acids is 1. The second-order valence-corrected chi connectivity index (χ2v) is 7.07. The first kappa shape index (κ1) is 16.2. The van der Waals surface area contributed by atoms with E-state index in [0.29, 0.717) is 11.9 Å². The van der Waals surface area contributed by atoms with Gasteiger partial charge in [-0.05, 0) is 25.0 Å². The average molecular weight is 366 g/mol. The number of aromatic nitrogens is 4. The van der Waals surface area contributed by atoms with Crippen LogP contribution in [0.25, 0.3) is 10.9 Å². The fourth-order valence-electron chi connectivity index (χ4n) is 4.01. The molecule has 8 heteroatoms. The molecule has 0 saturated carbocycles. The summed E-state index contributed by atoms with van der Waals surface area (Å²) < 4.78 is 15.4. The van der Waals surface area contributed by atoms with Crippen molar-refractivity contribution in [3.05, 3.63) is 42.7 Å². The van der Waals surface area contributed by atoms with Gasteiger partial charge in [0.1, 0.15) is 18.0 Å². The highest BCUT2D eigenvalue weighted by Crippen LogP contribution is 2.31. The van der Waals surface area contributed by atoms with Gasteiger partial charge in [-0.15, -0.1) is 0 Å². The summed E-state index contributed by atoms with van der Waals surface area (Å²) in [6.07, 6.45) is 7.67. The third-order valence-electron chi connectivity index (χ3n) is 5.39. The molecule has 0 radical (unpaired) electrons. The Labute approximate surface area is 155 Å². The lowest BCUT2D eigenvalue weighted by atomic mass is 10.2. The van der Waals surface area contributed by atoms with Gasteiger partial charge in [0, 0.05) is 43.7 Å². The summed E-state index contributed by atoms with van der Waals surface area (Å²) in [5, 5.41) is 5.34. The van der Waals surface area contributed by atoms with Gasteiger partial charge in [-0.25, -0.2) is 14.4 Å². The first-order valence-electron chi connectivity index (χ1n) is 9.19. The van der Waals surface area contributed by atoms with E-state index in [4.69, 9.17) is 0 Å². The van der Waals surface area contributed by atoms with Crippen LogP contribution >= 0.6 is 0 Å². The lowest BCUT2D eigenvalue weighted by Gasteiger charge is -2.19. The van der Waals surface area contributed by atoms with Crippen molar-refractivity contribution < 1.29 is 9.18 Å². The molecule has 2 aliphatic rings. The minimum atomic E-state index is -0.299. The van der Waals surface area contributed by atoms with Crippen molar-refractivity contribution in [3.63, 3.8) is 0 Å². The Balaban J connectivity index is 1.38. The number of hydrogen-bond acceptors (Lipinski definition) is 5. The van der Waals surface area contributed by atoms with E-state index in [-0.39, 0.29) is 17.8 Å². The SMILES string of the molecule is O=C1CCCN1c1cnn(C2CCN(c3ncnc4cc(F)ccc34)C2)c1. The van der Waals surface area contributed by atoms with Gasteiger partial charge >= 0.3 is 0 Å². The highest BCUT2D eigenvalue weighted by atomic mass is 19.1. The number of carbonyl (C=O) groups is 1. The Bertz CT molecular complexity index is 1020. The van der Waals surface area contributed by atoms with E-state index < -0.39 is 0 Å². The van der Waals surface area contributed by atoms with Crippen LogP contribution in [0.3, 0.4) is 0 Å². The number of nitrogens with zero attached hydrogens (tertiary/aromatic N) is 6. The van der Waals surface area contributed by atoms with Crippen LogP contribution in [0.15, 0.2) is 36.9 Å². The van der Waals surface area contributed by atoms with Crippen LogP contribution in [0.1, 0.15) is 25.3 Å². The van der Waals surface area contributed by atoms with Gasteiger partial charge in [-0.2, -0.15) is 5.10 Å². The standard InChI is InChI=1S/C19H19FN6O/c20-13-3-4-16-17(8-13)21-12-22-19(16)24-7-5-14(10-24)26-11-15(9-23-26)25-6-1-2-18(25)27/h3-4,8-9,11-12,14H,1-2,5-7,10H2. The first-order chi connectivity index (χ1) is 13.2. The summed E-state index contributed by atoms with van der Waals surface area (Å²) in [4.78, 5) is 24.5. The monoisotopic (exact) mass is 366 g/mol. The lowest BCUT2D eigenvalue weighted by molar-refractivity contribution is -0.117. The van der Waals surface area contributed by atoms with Gasteiger partial charge in [0.05, 0.1) is 23.4 Å². The van der Waals surface area contributed by atoms with Gasteiger partial charge in [0.25, 0.3) is 0 Å². The van der Waals surface area contributed by atoms with E-state index in [9.17, 15) is 9.18 Å². The van der Waals surface area contributed by atoms with Crippen molar-refractivity contribution in [2.45, 2.75) is 25.3 Å². The van der Waals surface area contributed by atoms with Crippen molar-refractivity contribution in [2.75, 3.05) is 29.4 Å². The summed E-state index contributed by atoms with van der Waals surface area (Å²) in [5.74, 6) is 0.693. The Morgan fingerprint density at radius 3 is 2.96 bits per heavy atom. The smallest absolute Gasteiger partial charge is 0.227 e. The second kappa shape index (κ2) is 6.29. The van der Waals surface area contributed by atoms with Gasteiger partial charge in [-0.3, -0.25) is 9.48 Å². The molecule has 3 aromatic rings. The predicted octanol–water partition coefficient (Wildman–Crippen LogP) is 2.54. The average Bonchev–Trinajstić information content (AvgIpc) is 3.40. The number of rotatable bonds is 3. The van der Waals surface area contributed by atoms with Crippen LogP contribution in [0.4, 0.5) is 15.9 Å². The molecule has 2 aromatic heterocycles. The molecule has 7 nitrogen and oxygen atoms in total. The van der Waals surface area contributed by atoms with E-state index in [1.807, 2.05) is 15.8 Å². The van der Waals surface area contributed by atoms with Crippen molar-refractivity contribution in [3.8, 4) is 0 Å². The highest BCUT2D eigenvalue weighted by Gasteiger charge is 2.28. The maximum Gasteiger partial charge on any atom is 0.227 e. The Morgan fingerprint density at radius 1 is 1.19 bits per heavy atom. The largest absolute Gasteiger partial charge is 0.354 e. The predicted molar refractivity (Wildman–Crippen MR) is 99.2 cm³/mol. The van der Waals surface area contributed by atoms with E-state index in [0.717, 1.165) is 49.4 Å². The van der Waals surface area contributed by atoms with E-state index in [2.05, 4.69) is 20.0 Å². The van der Waals surface area contributed by atoms with Crippen molar-refractivity contribution in [2.24, 2.45) is 0 Å². The molecule has 27 heavy (non-hydrogen) atoms. The Kier molecular flexibility index (Phi) is 3.77. The molecule has 138 valence electrons. The van der Waals surface area contributed by atoms with E-state index in [1.54, 1.807) is 12.3 Å². The molecule has 1 atom stereocenters. The summed E-state index contributed by atoms with van der Waals surface area (Å²) >= 11 is 0. The normalized spacial score (nSPS) is 20.2. The first-order valence-corrected chi connectivity index (χ1v) is 9.19. The second-order valence-electron chi connectivity index (χ2n) is 7.07. The van der Waals surface area contributed by atoms with Gasteiger partial charge in [0.15, 0.2) is 0 Å². The van der Waals surface area contributed by atoms with E-state index in [1.165, 1.54) is 18.5 Å². The number of halogens is 1. The molecule has 4 heterocycles. The number of amides is 1. The quantitative estimate of drug-likeness (QED) is 0.713. The lowest BCUT2D eigenvalue weighted by Crippen LogP contribution is -2.23. The highest BCUT2D eigenvalue weighted by molar-refractivity contribution is 5.95. The van der Waals surface area contributed by atoms with Crippen LogP contribution in [0.2, 0.25) is 0 Å². The minimum Gasteiger partial charge on any atom is -0.354 e. The third kappa shape index (κ3) is 2.81. The van der Waals surface area contributed by atoms with Crippen LogP contribution in [0.5, 0.6) is 0 Å². The van der Waals surface area contributed by atoms with Gasteiger partial charge in [0.2, 0.25) is 5.91 Å². The zero-order valence-electron chi connectivity index (χ0n) is 14.8. The third-order valence-corrected chi connectivity index (χ3v) is 5.39. The van der Waals surface area contributed by atoms with Crippen molar-refractivity contribution >= 4 is 28.3 Å². The molecule has 1 aromatic carbocycles. The summed E-state index contributed by atoms with van der Waals surface area (Å²) in [6, 6.07) is 4.82. The molecular weight excluding hydrogens is 347 g/mol. The Morgan fingerprint density at radius 2 is 2.11 bits per heavy atom. The zero-order chi connectivity index (χ0) is 18.4. The van der Waals surface area contributed by atoms with Gasteiger partial charge in [-0.1, -0.05) is 0 Å². The molecule has 0 N–H and O–H groups in total. The van der Waals surface area contributed by atoms with Crippen LogP contribution in [0, 0.1) is 5.82 Å². The van der Waals surface area contributed by atoms with E-state index >= 15 is 0 Å². The van der Waals surface area contributed by atoms with Crippen LogP contribution in [-0.2, 0) is 4.79 Å². The molecule has 1 amide bonds. The number of fused-ring (bicyclic) bond motifs is 1. The van der Waals surface area contributed by atoms with Crippen LogP contribution < -0.4 is 9.80 Å².